The molecule has 110 valence electrons. The number of halogens is 1. The van der Waals surface area contributed by atoms with Crippen LogP contribution in [0.2, 0.25) is 0 Å². The Morgan fingerprint density at radius 3 is 2.76 bits per heavy atom. The van der Waals surface area contributed by atoms with Gasteiger partial charge in [-0.25, -0.2) is 0 Å². The second-order valence-electron chi connectivity index (χ2n) is 5.83. The Morgan fingerprint density at radius 1 is 1.24 bits per heavy atom. The third-order valence-corrected chi connectivity index (χ3v) is 5.97. The van der Waals surface area contributed by atoms with E-state index >= 15 is 0 Å². The third-order valence-electron chi connectivity index (χ3n) is 4.01. The first-order chi connectivity index (χ1) is 10.2. The Balaban J connectivity index is 1.56. The van der Waals surface area contributed by atoms with E-state index in [1.165, 1.54) is 37.1 Å². The molecule has 0 bridgehead atoms. The Hall–Kier alpha value is -1.01. The molecule has 21 heavy (non-hydrogen) atoms. The summed E-state index contributed by atoms with van der Waals surface area (Å²) in [6.45, 7) is 0. The highest BCUT2D eigenvalue weighted by atomic mass is 79.9. The highest BCUT2D eigenvalue weighted by molar-refractivity contribution is 9.10. The van der Waals surface area contributed by atoms with Gasteiger partial charge in [-0.2, -0.15) is 0 Å². The minimum Gasteiger partial charge on any atom is -0.398 e. The van der Waals surface area contributed by atoms with Gasteiger partial charge in [0.1, 0.15) is 5.82 Å². The van der Waals surface area contributed by atoms with Crippen molar-refractivity contribution in [3.63, 3.8) is 0 Å². The minimum absolute atomic E-state index is 0.641. The Bertz CT molecular complexity index is 676. The fraction of sp³-hybridized carbons (Fsp3) is 0.467. The lowest BCUT2D eigenvalue weighted by molar-refractivity contribution is 0.627. The van der Waals surface area contributed by atoms with E-state index < -0.39 is 0 Å². The summed E-state index contributed by atoms with van der Waals surface area (Å²) in [5, 5.41) is 9.95. The lowest BCUT2D eigenvalue weighted by Gasteiger charge is -2.09. The number of thioether (sulfide) groups is 1. The van der Waals surface area contributed by atoms with Crippen molar-refractivity contribution < 1.29 is 0 Å². The van der Waals surface area contributed by atoms with Crippen LogP contribution in [0.5, 0.6) is 0 Å². The average molecular weight is 365 g/mol. The molecular weight excluding hydrogens is 348 g/mol. The van der Waals surface area contributed by atoms with E-state index in [-0.39, 0.29) is 0 Å². The molecule has 2 fully saturated rings. The summed E-state index contributed by atoms with van der Waals surface area (Å²) in [6.07, 6.45) is 5.09. The first-order valence-electron chi connectivity index (χ1n) is 7.34. The van der Waals surface area contributed by atoms with E-state index in [9.17, 15) is 0 Å². The Kier molecular flexibility index (Phi) is 3.46. The normalized spacial score (nSPS) is 18.1. The molecule has 0 aliphatic heterocycles. The molecule has 0 spiro atoms. The summed E-state index contributed by atoms with van der Waals surface area (Å²) >= 11 is 5.33. The zero-order chi connectivity index (χ0) is 14.4. The average Bonchev–Trinajstić information content (AvgIpc) is 3.39. The Morgan fingerprint density at radius 2 is 2.05 bits per heavy atom. The maximum absolute atomic E-state index is 5.94. The highest BCUT2D eigenvalue weighted by Crippen LogP contribution is 2.46. The van der Waals surface area contributed by atoms with Crippen LogP contribution in [0.1, 0.15) is 49.0 Å². The van der Waals surface area contributed by atoms with Crippen molar-refractivity contribution in [3.8, 4) is 0 Å². The number of nitrogens with zero attached hydrogens (tertiary/aromatic N) is 3. The molecule has 2 saturated carbocycles. The number of hydrogen-bond donors (Lipinski definition) is 1. The van der Waals surface area contributed by atoms with Crippen molar-refractivity contribution in [2.45, 2.75) is 48.6 Å². The van der Waals surface area contributed by atoms with E-state index in [0.717, 1.165) is 21.1 Å². The number of anilines is 1. The molecule has 4 nitrogen and oxygen atoms in total. The number of benzene rings is 1. The van der Waals surface area contributed by atoms with Crippen molar-refractivity contribution in [1.29, 1.82) is 0 Å². The van der Waals surface area contributed by atoms with E-state index in [0.29, 0.717) is 12.0 Å². The number of rotatable bonds is 5. The lowest BCUT2D eigenvalue weighted by atomic mass is 10.2. The minimum atomic E-state index is 0.641. The molecule has 0 unspecified atom stereocenters. The van der Waals surface area contributed by atoms with Gasteiger partial charge in [-0.1, -0.05) is 23.9 Å². The van der Waals surface area contributed by atoms with Crippen LogP contribution in [0.4, 0.5) is 5.69 Å². The van der Waals surface area contributed by atoms with Crippen LogP contribution >= 0.6 is 27.7 Å². The van der Waals surface area contributed by atoms with E-state index in [4.69, 9.17) is 5.73 Å². The molecule has 6 heteroatoms. The van der Waals surface area contributed by atoms with Crippen LogP contribution < -0.4 is 5.73 Å². The highest BCUT2D eigenvalue weighted by Gasteiger charge is 2.36. The lowest BCUT2D eigenvalue weighted by Crippen LogP contribution is -2.02. The van der Waals surface area contributed by atoms with Crippen LogP contribution in [0, 0.1) is 0 Å². The van der Waals surface area contributed by atoms with Gasteiger partial charge in [0.15, 0.2) is 5.16 Å². The molecule has 0 amide bonds. The van der Waals surface area contributed by atoms with Crippen molar-refractivity contribution in [1.82, 2.24) is 14.8 Å². The molecule has 2 N–H and O–H groups in total. The molecule has 0 atom stereocenters. The van der Waals surface area contributed by atoms with Crippen LogP contribution in [0.15, 0.2) is 27.8 Å². The van der Waals surface area contributed by atoms with Gasteiger partial charge in [0.05, 0.1) is 0 Å². The fourth-order valence-electron chi connectivity index (χ4n) is 2.54. The van der Waals surface area contributed by atoms with Gasteiger partial charge in [0, 0.05) is 27.9 Å². The molecule has 2 aliphatic rings. The second-order valence-corrected chi connectivity index (χ2v) is 7.56. The van der Waals surface area contributed by atoms with Crippen molar-refractivity contribution in [2.75, 3.05) is 5.73 Å². The third kappa shape index (κ3) is 2.71. The van der Waals surface area contributed by atoms with E-state index in [1.54, 1.807) is 11.8 Å². The predicted molar refractivity (Wildman–Crippen MR) is 88.4 cm³/mol. The molecule has 2 aromatic rings. The largest absolute Gasteiger partial charge is 0.398 e. The summed E-state index contributed by atoms with van der Waals surface area (Å²) in [6, 6.07) is 6.66. The molecule has 1 aromatic heterocycles. The summed E-state index contributed by atoms with van der Waals surface area (Å²) in [4.78, 5) is 0. The molecule has 0 radical (unpaired) electrons. The Labute approximate surface area is 136 Å². The van der Waals surface area contributed by atoms with E-state index in [2.05, 4.69) is 36.8 Å². The molecule has 2 aliphatic carbocycles. The predicted octanol–water partition coefficient (Wildman–Crippen LogP) is 4.13. The quantitative estimate of drug-likeness (QED) is 0.640. The maximum Gasteiger partial charge on any atom is 0.191 e. The molecule has 4 rings (SSSR count). The summed E-state index contributed by atoms with van der Waals surface area (Å²) in [7, 11) is 0. The second kappa shape index (κ2) is 5.32. The van der Waals surface area contributed by atoms with Gasteiger partial charge in [-0.3, -0.25) is 0 Å². The van der Waals surface area contributed by atoms with Gasteiger partial charge in [-0.05, 0) is 53.2 Å². The zero-order valence-corrected chi connectivity index (χ0v) is 14.0. The molecular formula is C15H17BrN4S. The number of nitrogens with two attached hydrogens (primary N) is 1. The standard InChI is InChI=1S/C15H17BrN4S/c16-13-10(2-1-3-12(13)17)8-21-15-19-18-14(9-4-5-9)20(15)11-6-7-11/h1-3,9,11H,4-8,17H2. The molecule has 0 saturated heterocycles. The summed E-state index contributed by atoms with van der Waals surface area (Å²) in [5.41, 5.74) is 7.93. The van der Waals surface area contributed by atoms with Crippen molar-refractivity contribution in [3.05, 3.63) is 34.1 Å². The van der Waals surface area contributed by atoms with Crippen LogP contribution in [-0.4, -0.2) is 14.8 Å². The van der Waals surface area contributed by atoms with Crippen LogP contribution in [0.3, 0.4) is 0 Å². The first kappa shape index (κ1) is 13.6. The van der Waals surface area contributed by atoms with Gasteiger partial charge >= 0.3 is 0 Å². The summed E-state index contributed by atoms with van der Waals surface area (Å²) < 4.78 is 3.39. The van der Waals surface area contributed by atoms with Gasteiger partial charge in [0.25, 0.3) is 0 Å². The number of nitrogen functional groups attached to an aromatic ring is 1. The van der Waals surface area contributed by atoms with Crippen molar-refractivity contribution >= 4 is 33.4 Å². The topological polar surface area (TPSA) is 56.7 Å². The smallest absolute Gasteiger partial charge is 0.191 e. The number of hydrogen-bond acceptors (Lipinski definition) is 4. The monoisotopic (exact) mass is 364 g/mol. The van der Waals surface area contributed by atoms with Gasteiger partial charge < -0.3 is 10.3 Å². The van der Waals surface area contributed by atoms with Gasteiger partial charge in [-0.15, -0.1) is 10.2 Å². The van der Waals surface area contributed by atoms with Crippen molar-refractivity contribution in [2.24, 2.45) is 0 Å². The maximum atomic E-state index is 5.94. The van der Waals surface area contributed by atoms with Gasteiger partial charge in [0.2, 0.25) is 0 Å². The fourth-order valence-corrected chi connectivity index (χ4v) is 4.13. The molecule has 1 heterocycles. The van der Waals surface area contributed by atoms with E-state index in [1.807, 2.05) is 12.1 Å². The SMILES string of the molecule is Nc1cccc(CSc2nnc(C3CC3)n2C2CC2)c1Br. The van der Waals surface area contributed by atoms with Crippen LogP contribution in [0.25, 0.3) is 0 Å². The zero-order valence-electron chi connectivity index (χ0n) is 11.6. The summed E-state index contributed by atoms with van der Waals surface area (Å²) in [5.74, 6) is 2.74. The molecule has 1 aromatic carbocycles. The van der Waals surface area contributed by atoms with Crippen LogP contribution in [-0.2, 0) is 5.75 Å². The first-order valence-corrected chi connectivity index (χ1v) is 9.12. The number of aromatic nitrogens is 3.